The normalized spacial score (nSPS) is 17.1. The lowest BCUT2D eigenvalue weighted by Gasteiger charge is -2.22. The summed E-state index contributed by atoms with van der Waals surface area (Å²) < 4.78 is 23.0. The van der Waals surface area contributed by atoms with Crippen molar-refractivity contribution in [1.82, 2.24) is 19.6 Å². The fourth-order valence-electron chi connectivity index (χ4n) is 4.89. The van der Waals surface area contributed by atoms with Crippen LogP contribution in [0.25, 0.3) is 16.6 Å². The molecule has 9 heteroatoms. The Hall–Kier alpha value is -4.50. The first-order valence-corrected chi connectivity index (χ1v) is 11.3. The third-order valence-corrected chi connectivity index (χ3v) is 6.68. The van der Waals surface area contributed by atoms with Crippen molar-refractivity contribution in [2.24, 2.45) is 7.05 Å². The molecule has 6 rings (SSSR count). The molecule has 36 heavy (non-hydrogen) atoms. The molecule has 0 saturated heterocycles. The van der Waals surface area contributed by atoms with E-state index in [1.54, 1.807) is 24.2 Å². The standard InChI is InChI=1S/C27H22FN5O3/c1-31-16-23(21-5-3-4-6-24(21)31)27(35)22-13-17(28)7-12-25(22)32(26(27)34)14-18-15-33(30-29-18)19-8-10-20(36-2)11-9-19/h3-13,15-16,35H,14H2,1-2H3/t27-/m0/s1. The Labute approximate surface area is 205 Å². The number of ether oxygens (including phenoxy) is 1. The van der Waals surface area contributed by atoms with Crippen molar-refractivity contribution in [3.05, 3.63) is 102 Å². The van der Waals surface area contributed by atoms with Gasteiger partial charge in [-0.1, -0.05) is 23.4 Å². The van der Waals surface area contributed by atoms with Gasteiger partial charge in [-0.05, 0) is 48.5 Å². The van der Waals surface area contributed by atoms with E-state index in [4.69, 9.17) is 4.74 Å². The molecule has 0 spiro atoms. The number of fused-ring (bicyclic) bond motifs is 2. The SMILES string of the molecule is COc1ccc(-n2cc(CN3C(=O)[C@@](O)(c4cn(C)c5ccccc45)c4cc(F)ccc43)nn2)cc1. The number of nitrogens with zero attached hydrogens (tertiary/aromatic N) is 5. The van der Waals surface area contributed by atoms with Crippen LogP contribution in [0.15, 0.2) is 79.1 Å². The van der Waals surface area contributed by atoms with Gasteiger partial charge in [-0.2, -0.15) is 0 Å². The molecule has 0 unspecified atom stereocenters. The second-order valence-corrected chi connectivity index (χ2v) is 8.79. The predicted octanol–water partition coefficient (Wildman–Crippen LogP) is 3.69. The number of carbonyl (C=O) groups excluding carboxylic acids is 1. The second kappa shape index (κ2) is 8.03. The van der Waals surface area contributed by atoms with Crippen LogP contribution >= 0.6 is 0 Å². The summed E-state index contributed by atoms with van der Waals surface area (Å²) >= 11 is 0. The smallest absolute Gasteiger partial charge is 0.268 e. The number of carbonyl (C=O) groups is 1. The highest BCUT2D eigenvalue weighted by molar-refractivity contribution is 6.11. The summed E-state index contributed by atoms with van der Waals surface area (Å²) in [6, 6.07) is 18.8. The number of aryl methyl sites for hydroxylation is 1. The van der Waals surface area contributed by atoms with E-state index in [1.165, 1.54) is 23.1 Å². The van der Waals surface area contributed by atoms with Crippen LogP contribution in [0, 0.1) is 5.82 Å². The maximum absolute atomic E-state index is 14.4. The molecule has 0 bridgehead atoms. The molecule has 0 radical (unpaired) electrons. The Morgan fingerprint density at radius 3 is 2.58 bits per heavy atom. The fraction of sp³-hybridized carbons (Fsp3) is 0.148. The molecule has 1 atom stereocenters. The van der Waals surface area contributed by atoms with Crippen molar-refractivity contribution in [1.29, 1.82) is 0 Å². The van der Waals surface area contributed by atoms with E-state index >= 15 is 0 Å². The first-order chi connectivity index (χ1) is 17.4. The molecular formula is C27H22FN5O3. The van der Waals surface area contributed by atoms with E-state index in [9.17, 15) is 14.3 Å². The van der Waals surface area contributed by atoms with Crippen LogP contribution in [-0.4, -0.2) is 37.7 Å². The Morgan fingerprint density at radius 1 is 1.03 bits per heavy atom. The van der Waals surface area contributed by atoms with Gasteiger partial charge < -0.3 is 19.3 Å². The summed E-state index contributed by atoms with van der Waals surface area (Å²) in [6.07, 6.45) is 3.44. The number of para-hydroxylation sites is 1. The number of halogens is 1. The van der Waals surface area contributed by atoms with Crippen LogP contribution in [0.1, 0.15) is 16.8 Å². The number of aromatic nitrogens is 4. The number of benzene rings is 3. The van der Waals surface area contributed by atoms with Gasteiger partial charge in [0.1, 0.15) is 17.3 Å². The van der Waals surface area contributed by atoms with E-state index in [0.717, 1.165) is 22.3 Å². The van der Waals surface area contributed by atoms with Gasteiger partial charge in [-0.15, -0.1) is 5.10 Å². The summed E-state index contributed by atoms with van der Waals surface area (Å²) in [5, 5.41) is 21.1. The molecule has 5 aromatic rings. The highest BCUT2D eigenvalue weighted by Gasteiger charge is 2.52. The van der Waals surface area contributed by atoms with E-state index in [2.05, 4.69) is 10.3 Å². The molecule has 8 nitrogen and oxygen atoms in total. The van der Waals surface area contributed by atoms with Crippen LogP contribution in [0.3, 0.4) is 0 Å². The largest absolute Gasteiger partial charge is 0.497 e. The van der Waals surface area contributed by atoms with Gasteiger partial charge in [-0.3, -0.25) is 4.79 Å². The summed E-state index contributed by atoms with van der Waals surface area (Å²) in [7, 11) is 3.44. The molecular weight excluding hydrogens is 461 g/mol. The minimum Gasteiger partial charge on any atom is -0.497 e. The van der Waals surface area contributed by atoms with Gasteiger partial charge in [0.15, 0.2) is 5.60 Å². The third kappa shape index (κ3) is 3.20. The van der Waals surface area contributed by atoms with Gasteiger partial charge in [0.05, 0.1) is 31.2 Å². The summed E-state index contributed by atoms with van der Waals surface area (Å²) in [5.74, 6) is -0.385. The van der Waals surface area contributed by atoms with Crippen LogP contribution < -0.4 is 9.64 Å². The van der Waals surface area contributed by atoms with Gasteiger partial charge in [0.2, 0.25) is 0 Å². The third-order valence-electron chi connectivity index (χ3n) is 6.68. The minimum atomic E-state index is -2.05. The minimum absolute atomic E-state index is 0.0562. The van der Waals surface area contributed by atoms with E-state index in [0.29, 0.717) is 16.9 Å². The fourth-order valence-corrected chi connectivity index (χ4v) is 4.89. The van der Waals surface area contributed by atoms with Gasteiger partial charge in [-0.25, -0.2) is 9.07 Å². The lowest BCUT2D eigenvalue weighted by atomic mass is 9.87. The predicted molar refractivity (Wildman–Crippen MR) is 131 cm³/mol. The van der Waals surface area contributed by atoms with Crippen molar-refractivity contribution < 1.29 is 19.0 Å². The quantitative estimate of drug-likeness (QED) is 0.412. The van der Waals surface area contributed by atoms with Crippen LogP contribution in [0.5, 0.6) is 5.75 Å². The average Bonchev–Trinajstić information content (AvgIpc) is 3.56. The first kappa shape index (κ1) is 22.0. The van der Waals surface area contributed by atoms with Gasteiger partial charge in [0.25, 0.3) is 5.91 Å². The number of hydrogen-bond acceptors (Lipinski definition) is 5. The molecule has 1 amide bonds. The molecule has 2 aromatic heterocycles. The van der Waals surface area contributed by atoms with Crippen LogP contribution in [-0.2, 0) is 24.0 Å². The van der Waals surface area contributed by atoms with E-state index < -0.39 is 17.3 Å². The number of methoxy groups -OCH3 is 1. The zero-order valence-corrected chi connectivity index (χ0v) is 19.6. The lowest BCUT2D eigenvalue weighted by Crippen LogP contribution is -2.40. The summed E-state index contributed by atoms with van der Waals surface area (Å²) in [5.41, 5.74) is 1.12. The number of amides is 1. The second-order valence-electron chi connectivity index (χ2n) is 8.79. The maximum Gasteiger partial charge on any atom is 0.268 e. The van der Waals surface area contributed by atoms with Crippen molar-refractivity contribution in [2.75, 3.05) is 12.0 Å². The zero-order valence-electron chi connectivity index (χ0n) is 19.6. The highest BCUT2D eigenvalue weighted by Crippen LogP contribution is 2.47. The number of rotatable bonds is 5. The van der Waals surface area contributed by atoms with Gasteiger partial charge >= 0.3 is 0 Å². The topological polar surface area (TPSA) is 85.4 Å². The van der Waals surface area contributed by atoms with E-state index in [-0.39, 0.29) is 12.1 Å². The Balaban J connectivity index is 1.41. The molecule has 0 aliphatic carbocycles. The van der Waals surface area contributed by atoms with Crippen molar-refractivity contribution >= 4 is 22.5 Å². The van der Waals surface area contributed by atoms with Crippen LogP contribution in [0.2, 0.25) is 0 Å². The molecule has 0 saturated carbocycles. The van der Waals surface area contributed by atoms with E-state index in [1.807, 2.05) is 60.1 Å². The first-order valence-electron chi connectivity index (χ1n) is 11.3. The lowest BCUT2D eigenvalue weighted by molar-refractivity contribution is -0.132. The monoisotopic (exact) mass is 483 g/mol. The van der Waals surface area contributed by atoms with Crippen molar-refractivity contribution in [2.45, 2.75) is 12.1 Å². The van der Waals surface area contributed by atoms with Gasteiger partial charge in [0, 0.05) is 35.3 Å². The summed E-state index contributed by atoms with van der Waals surface area (Å²) in [6.45, 7) is 0.0562. The maximum atomic E-state index is 14.4. The average molecular weight is 484 g/mol. The number of hydrogen-bond donors (Lipinski definition) is 1. The molecule has 1 aliphatic rings. The summed E-state index contributed by atoms with van der Waals surface area (Å²) in [4.78, 5) is 15.3. The number of anilines is 1. The Kier molecular flexibility index (Phi) is 4.90. The molecule has 1 N–H and O–H groups in total. The molecule has 1 aliphatic heterocycles. The number of aliphatic hydroxyl groups is 1. The molecule has 3 heterocycles. The molecule has 0 fully saturated rings. The van der Waals surface area contributed by atoms with Crippen molar-refractivity contribution in [3.8, 4) is 11.4 Å². The Morgan fingerprint density at radius 2 is 1.81 bits per heavy atom. The van der Waals surface area contributed by atoms with Crippen LogP contribution in [0.4, 0.5) is 10.1 Å². The molecule has 3 aromatic carbocycles. The molecule has 180 valence electrons. The highest BCUT2D eigenvalue weighted by atomic mass is 19.1. The Bertz CT molecular complexity index is 1620. The van der Waals surface area contributed by atoms with Crippen molar-refractivity contribution in [3.63, 3.8) is 0 Å². The zero-order chi connectivity index (χ0) is 25.0.